The molecule has 0 spiro atoms. The fraction of sp³-hybridized carbons (Fsp3) is 0.667. The number of halogens is 1. The Kier molecular flexibility index (Phi) is 2.07. The molecule has 0 amide bonds. The summed E-state index contributed by atoms with van der Waals surface area (Å²) in [6.45, 7) is 0. The van der Waals surface area contributed by atoms with E-state index in [0.717, 1.165) is 17.4 Å². The zero-order chi connectivity index (χ0) is 14.3. The number of hydrogen-bond donors (Lipinski definition) is 3. The molecule has 2 unspecified atom stereocenters. The molecule has 2 aliphatic carbocycles. The number of nitrogens with two attached hydrogens (primary N) is 1. The van der Waals surface area contributed by atoms with Crippen LogP contribution in [0, 0.1) is 5.92 Å². The van der Waals surface area contributed by atoms with Crippen LogP contribution in [-0.4, -0.2) is 43.2 Å². The van der Waals surface area contributed by atoms with E-state index in [9.17, 15) is 19.4 Å². The Morgan fingerprint density at radius 3 is 2.85 bits per heavy atom. The second-order valence-electron chi connectivity index (χ2n) is 5.75. The van der Waals surface area contributed by atoms with Crippen molar-refractivity contribution in [3.05, 3.63) is 22.7 Å². The summed E-state index contributed by atoms with van der Waals surface area (Å²) in [6, 6.07) is 1.35. The van der Waals surface area contributed by atoms with Gasteiger partial charge in [0, 0.05) is 6.20 Å². The molecule has 4 N–H and O–H groups in total. The lowest BCUT2D eigenvalue weighted by Gasteiger charge is -2.22. The molecule has 2 heterocycles. The van der Waals surface area contributed by atoms with E-state index in [1.54, 1.807) is 0 Å². The molecule has 3 aliphatic rings. The van der Waals surface area contributed by atoms with E-state index in [2.05, 4.69) is 4.98 Å². The molecule has 0 radical (unpaired) electrons. The van der Waals surface area contributed by atoms with E-state index in [1.807, 2.05) is 0 Å². The van der Waals surface area contributed by atoms with Crippen LogP contribution in [0.1, 0.15) is 19.1 Å². The van der Waals surface area contributed by atoms with Crippen LogP contribution in [0.2, 0.25) is 0 Å². The van der Waals surface area contributed by atoms with Gasteiger partial charge in [0.1, 0.15) is 17.5 Å². The van der Waals surface area contributed by atoms with Gasteiger partial charge in [-0.05, 0) is 24.8 Å². The lowest BCUT2D eigenvalue weighted by molar-refractivity contribution is -0.1000. The zero-order valence-electron chi connectivity index (χ0n) is 10.4. The fourth-order valence-corrected chi connectivity index (χ4v) is 3.44. The molecule has 1 saturated heterocycles. The minimum absolute atomic E-state index is 0.0282. The van der Waals surface area contributed by atoms with Gasteiger partial charge < -0.3 is 20.7 Å². The number of hydrogen-bond acceptors (Lipinski definition) is 6. The fourth-order valence-electron chi connectivity index (χ4n) is 3.44. The van der Waals surface area contributed by atoms with E-state index in [1.165, 1.54) is 12.3 Å². The number of aliphatic hydroxyl groups is 2. The maximum Gasteiger partial charge on any atom is 0.351 e. The Bertz CT molecular complexity index is 648. The number of fused-ring (bicyclic) bond motifs is 1. The average Bonchev–Trinajstić information content (AvgIpc) is 3.28. The van der Waals surface area contributed by atoms with Gasteiger partial charge in [-0.3, -0.25) is 4.57 Å². The van der Waals surface area contributed by atoms with Crippen LogP contribution in [-0.2, 0) is 4.74 Å². The first kappa shape index (κ1) is 12.2. The van der Waals surface area contributed by atoms with Gasteiger partial charge in [-0.25, -0.2) is 9.18 Å². The zero-order valence-corrected chi connectivity index (χ0v) is 10.4. The minimum atomic E-state index is -1.93. The number of aromatic nitrogens is 2. The summed E-state index contributed by atoms with van der Waals surface area (Å²) in [5, 5.41) is 20.2. The molecule has 1 aromatic rings. The minimum Gasteiger partial charge on any atom is -0.387 e. The van der Waals surface area contributed by atoms with Crippen molar-refractivity contribution in [1.29, 1.82) is 0 Å². The number of ether oxygens (including phenoxy) is 1. The standard InChI is InChI=1S/C12H14FN3O4/c13-7-8(16-4-3-6(14)15-10(16)18)20-12(5-1-2-5)9(17)11(7,12)19/h3-5,7-9,17,19H,1-2H2,(H2,14,15,18)/t7-,8+,9?,11-,12?/m0/s1. The van der Waals surface area contributed by atoms with Crippen LogP contribution in [0.5, 0.6) is 0 Å². The van der Waals surface area contributed by atoms with Crippen molar-refractivity contribution in [3.8, 4) is 0 Å². The summed E-state index contributed by atoms with van der Waals surface area (Å²) < 4.78 is 21.1. The third kappa shape index (κ3) is 1.16. The number of aliphatic hydroxyl groups excluding tert-OH is 1. The molecular formula is C12H14FN3O4. The van der Waals surface area contributed by atoms with Gasteiger partial charge in [0.15, 0.2) is 18.0 Å². The third-order valence-electron chi connectivity index (χ3n) is 4.66. The highest BCUT2D eigenvalue weighted by molar-refractivity contribution is 5.39. The van der Waals surface area contributed by atoms with Gasteiger partial charge in [-0.1, -0.05) is 0 Å². The highest BCUT2D eigenvalue weighted by Crippen LogP contribution is 2.70. The Morgan fingerprint density at radius 1 is 1.55 bits per heavy atom. The largest absolute Gasteiger partial charge is 0.387 e. The summed E-state index contributed by atoms with van der Waals surface area (Å²) in [4.78, 5) is 15.3. The SMILES string of the molecule is Nc1ccn([C@@H]2OC3(C4CC4)C(O)[C@@]3(O)[C@H]2F)c(=O)n1. The van der Waals surface area contributed by atoms with Crippen molar-refractivity contribution in [2.24, 2.45) is 5.92 Å². The van der Waals surface area contributed by atoms with Gasteiger partial charge in [0.05, 0.1) is 0 Å². The Labute approximate surface area is 112 Å². The molecule has 2 saturated carbocycles. The highest BCUT2D eigenvalue weighted by atomic mass is 19.1. The van der Waals surface area contributed by atoms with Crippen LogP contribution in [0.25, 0.3) is 0 Å². The summed E-state index contributed by atoms with van der Waals surface area (Å²) in [5.41, 5.74) is 1.42. The molecule has 4 rings (SSSR count). The van der Waals surface area contributed by atoms with Gasteiger partial charge in [-0.15, -0.1) is 0 Å². The summed E-state index contributed by atoms with van der Waals surface area (Å²) >= 11 is 0. The second kappa shape index (κ2) is 3.38. The summed E-state index contributed by atoms with van der Waals surface area (Å²) in [6.07, 6.45) is -1.60. The molecule has 0 bridgehead atoms. The quantitative estimate of drug-likeness (QED) is 0.638. The monoisotopic (exact) mass is 283 g/mol. The number of anilines is 1. The van der Waals surface area contributed by atoms with Crippen molar-refractivity contribution < 1.29 is 19.3 Å². The van der Waals surface area contributed by atoms with Crippen LogP contribution < -0.4 is 11.4 Å². The lowest BCUT2D eigenvalue weighted by Crippen LogP contribution is -2.38. The Balaban J connectivity index is 1.74. The normalized spacial score (nSPS) is 46.2. The number of alkyl halides is 1. The van der Waals surface area contributed by atoms with Crippen LogP contribution in [0.4, 0.5) is 10.2 Å². The van der Waals surface area contributed by atoms with Gasteiger partial charge >= 0.3 is 5.69 Å². The first-order chi connectivity index (χ1) is 9.43. The molecule has 108 valence electrons. The van der Waals surface area contributed by atoms with Crippen LogP contribution in [0.3, 0.4) is 0 Å². The molecule has 1 aliphatic heterocycles. The maximum absolute atomic E-state index is 14.5. The summed E-state index contributed by atoms with van der Waals surface area (Å²) in [7, 11) is 0. The van der Waals surface area contributed by atoms with E-state index in [0.29, 0.717) is 0 Å². The van der Waals surface area contributed by atoms with E-state index in [-0.39, 0.29) is 11.7 Å². The number of rotatable bonds is 2. The molecule has 3 fully saturated rings. The first-order valence-corrected chi connectivity index (χ1v) is 6.50. The molecule has 8 heteroatoms. The molecule has 20 heavy (non-hydrogen) atoms. The predicted molar refractivity (Wildman–Crippen MR) is 64.3 cm³/mol. The van der Waals surface area contributed by atoms with Gasteiger partial charge in [-0.2, -0.15) is 4.98 Å². The smallest absolute Gasteiger partial charge is 0.351 e. The maximum atomic E-state index is 14.5. The van der Waals surface area contributed by atoms with Crippen molar-refractivity contribution in [1.82, 2.24) is 9.55 Å². The third-order valence-corrected chi connectivity index (χ3v) is 4.66. The Morgan fingerprint density at radius 2 is 2.25 bits per heavy atom. The van der Waals surface area contributed by atoms with Crippen molar-refractivity contribution >= 4 is 5.82 Å². The number of nitrogen functional groups attached to an aromatic ring is 1. The average molecular weight is 283 g/mol. The Hall–Kier alpha value is -1.51. The predicted octanol–water partition coefficient (Wildman–Crippen LogP) is -1.05. The lowest BCUT2D eigenvalue weighted by atomic mass is 10.1. The van der Waals surface area contributed by atoms with Crippen LogP contribution in [0.15, 0.2) is 17.1 Å². The van der Waals surface area contributed by atoms with Crippen molar-refractivity contribution in [3.63, 3.8) is 0 Å². The summed E-state index contributed by atoms with van der Waals surface area (Å²) in [5.74, 6) is -0.0383. The van der Waals surface area contributed by atoms with Crippen molar-refractivity contribution in [2.75, 3.05) is 5.73 Å². The number of nitrogens with zero attached hydrogens (tertiary/aromatic N) is 2. The molecule has 0 aromatic carbocycles. The van der Waals surface area contributed by atoms with Gasteiger partial charge in [0.2, 0.25) is 0 Å². The van der Waals surface area contributed by atoms with E-state index >= 15 is 0 Å². The topological polar surface area (TPSA) is 111 Å². The molecule has 7 nitrogen and oxygen atoms in total. The van der Waals surface area contributed by atoms with Crippen molar-refractivity contribution in [2.45, 2.75) is 42.5 Å². The molecule has 5 atom stereocenters. The highest BCUT2D eigenvalue weighted by Gasteiger charge is 2.91. The first-order valence-electron chi connectivity index (χ1n) is 6.50. The van der Waals surface area contributed by atoms with Crippen LogP contribution >= 0.6 is 0 Å². The second-order valence-corrected chi connectivity index (χ2v) is 5.75. The van der Waals surface area contributed by atoms with E-state index < -0.39 is 35.4 Å². The van der Waals surface area contributed by atoms with Gasteiger partial charge in [0.25, 0.3) is 0 Å². The molecular weight excluding hydrogens is 269 g/mol. The molecule has 1 aromatic heterocycles. The van der Waals surface area contributed by atoms with E-state index in [4.69, 9.17) is 10.5 Å².